The predicted molar refractivity (Wildman–Crippen MR) is 61.8 cm³/mol. The second kappa shape index (κ2) is 5.79. The van der Waals surface area contributed by atoms with Gasteiger partial charge in [-0.1, -0.05) is 19.1 Å². The fraction of sp³-hybridized carbons (Fsp3) is 0.400. The molecule has 0 aliphatic heterocycles. The quantitative estimate of drug-likeness (QED) is 0.547. The third kappa shape index (κ3) is 3.80. The first-order valence-corrected chi connectivity index (χ1v) is 6.07. The molecule has 1 aromatic rings. The van der Waals surface area contributed by atoms with Gasteiger partial charge >= 0.3 is 0 Å². The van der Waals surface area contributed by atoms with Gasteiger partial charge in [0.25, 0.3) is 0 Å². The Hall–Kier alpha value is 0.150. The maximum Gasteiger partial charge on any atom is 0.0833 e. The summed E-state index contributed by atoms with van der Waals surface area (Å²) in [5.74, 6) is 0.563. The Bertz CT molecular complexity index is 263. The SMILES string of the molecule is CCC(Cl)Sc1cccc(CCl)c1. The minimum absolute atomic E-state index is 0.158. The highest BCUT2D eigenvalue weighted by Crippen LogP contribution is 2.28. The molecule has 0 amide bonds. The molecule has 0 bridgehead atoms. The van der Waals surface area contributed by atoms with Crippen LogP contribution in [-0.2, 0) is 5.88 Å². The zero-order chi connectivity index (χ0) is 9.68. The number of halogens is 2. The van der Waals surface area contributed by atoms with Crippen LogP contribution in [0, 0.1) is 0 Å². The molecule has 0 heterocycles. The summed E-state index contributed by atoms with van der Waals surface area (Å²) in [7, 11) is 0. The topological polar surface area (TPSA) is 0 Å². The van der Waals surface area contributed by atoms with E-state index in [9.17, 15) is 0 Å². The minimum Gasteiger partial charge on any atom is -0.122 e. The van der Waals surface area contributed by atoms with Crippen LogP contribution in [0.5, 0.6) is 0 Å². The lowest BCUT2D eigenvalue weighted by Crippen LogP contribution is -1.88. The molecule has 72 valence electrons. The van der Waals surface area contributed by atoms with E-state index in [2.05, 4.69) is 19.1 Å². The van der Waals surface area contributed by atoms with Crippen LogP contribution in [0.15, 0.2) is 29.2 Å². The molecule has 1 rings (SSSR count). The number of benzene rings is 1. The van der Waals surface area contributed by atoms with E-state index in [1.807, 2.05) is 12.1 Å². The normalized spacial score (nSPS) is 12.8. The highest BCUT2D eigenvalue weighted by molar-refractivity contribution is 8.01. The van der Waals surface area contributed by atoms with Crippen LogP contribution in [0.2, 0.25) is 0 Å². The molecule has 0 aliphatic rings. The lowest BCUT2D eigenvalue weighted by atomic mass is 10.2. The van der Waals surface area contributed by atoms with Crippen molar-refractivity contribution in [3.63, 3.8) is 0 Å². The largest absolute Gasteiger partial charge is 0.122 e. The zero-order valence-electron chi connectivity index (χ0n) is 7.47. The van der Waals surface area contributed by atoms with Gasteiger partial charge in [-0.3, -0.25) is 0 Å². The molecule has 0 aromatic heterocycles. The van der Waals surface area contributed by atoms with Gasteiger partial charge < -0.3 is 0 Å². The van der Waals surface area contributed by atoms with E-state index < -0.39 is 0 Å². The lowest BCUT2D eigenvalue weighted by molar-refractivity contribution is 1.05. The second-order valence-corrected chi connectivity index (χ2v) is 5.05. The lowest BCUT2D eigenvalue weighted by Gasteiger charge is -2.06. The molecule has 0 radical (unpaired) electrons. The molecule has 3 heteroatoms. The van der Waals surface area contributed by atoms with Crippen molar-refractivity contribution >= 4 is 35.0 Å². The third-order valence-corrected chi connectivity index (χ3v) is 3.64. The highest BCUT2D eigenvalue weighted by Gasteiger charge is 2.03. The first-order valence-electron chi connectivity index (χ1n) is 4.22. The number of hydrogen-bond acceptors (Lipinski definition) is 1. The summed E-state index contributed by atoms with van der Waals surface area (Å²) in [6.07, 6.45) is 0.970. The first kappa shape index (κ1) is 11.2. The van der Waals surface area contributed by atoms with Crippen molar-refractivity contribution < 1.29 is 0 Å². The molecule has 0 saturated carbocycles. The number of hydrogen-bond donors (Lipinski definition) is 0. The molecular weight excluding hydrogens is 223 g/mol. The number of thioether (sulfide) groups is 1. The number of alkyl halides is 2. The van der Waals surface area contributed by atoms with Crippen LogP contribution in [0.4, 0.5) is 0 Å². The van der Waals surface area contributed by atoms with Gasteiger partial charge in [0.1, 0.15) is 0 Å². The smallest absolute Gasteiger partial charge is 0.0833 e. The fourth-order valence-corrected chi connectivity index (χ4v) is 2.25. The van der Waals surface area contributed by atoms with Crippen molar-refractivity contribution in [1.29, 1.82) is 0 Å². The van der Waals surface area contributed by atoms with Crippen LogP contribution in [-0.4, -0.2) is 4.71 Å². The van der Waals surface area contributed by atoms with Crippen LogP contribution in [0.25, 0.3) is 0 Å². The Balaban J connectivity index is 2.66. The summed E-state index contributed by atoms with van der Waals surface area (Å²) in [4.78, 5) is 1.19. The summed E-state index contributed by atoms with van der Waals surface area (Å²) in [5.41, 5.74) is 1.15. The van der Waals surface area contributed by atoms with E-state index in [0.29, 0.717) is 5.88 Å². The molecule has 1 unspecified atom stereocenters. The molecular formula is C10H12Cl2S. The van der Waals surface area contributed by atoms with E-state index in [-0.39, 0.29) is 4.71 Å². The molecule has 0 nitrogen and oxygen atoms in total. The standard InChI is InChI=1S/C10H12Cl2S/c1-2-10(12)13-9-5-3-4-8(6-9)7-11/h3-6,10H,2,7H2,1H3. The average Bonchev–Trinajstić information content (AvgIpc) is 2.18. The summed E-state index contributed by atoms with van der Waals surface area (Å²) in [6, 6.07) is 8.18. The summed E-state index contributed by atoms with van der Waals surface area (Å²) in [5, 5.41) is 0. The molecule has 0 saturated heterocycles. The van der Waals surface area contributed by atoms with Crippen molar-refractivity contribution in [3.8, 4) is 0 Å². The van der Waals surface area contributed by atoms with Crippen molar-refractivity contribution in [3.05, 3.63) is 29.8 Å². The molecule has 1 atom stereocenters. The molecule has 13 heavy (non-hydrogen) atoms. The second-order valence-electron chi connectivity index (χ2n) is 2.72. The minimum atomic E-state index is 0.158. The Morgan fingerprint density at radius 3 is 2.85 bits per heavy atom. The monoisotopic (exact) mass is 234 g/mol. The molecule has 0 N–H and O–H groups in total. The van der Waals surface area contributed by atoms with Crippen LogP contribution < -0.4 is 0 Å². The maximum absolute atomic E-state index is 6.03. The Kier molecular flexibility index (Phi) is 5.00. The fourth-order valence-electron chi connectivity index (χ4n) is 0.933. The zero-order valence-corrected chi connectivity index (χ0v) is 9.79. The van der Waals surface area contributed by atoms with Gasteiger partial charge in [0.05, 0.1) is 4.71 Å². The summed E-state index contributed by atoms with van der Waals surface area (Å²) < 4.78 is 0.158. The van der Waals surface area contributed by atoms with Gasteiger partial charge in [0, 0.05) is 10.8 Å². The van der Waals surface area contributed by atoms with Gasteiger partial charge in [-0.05, 0) is 24.1 Å². The van der Waals surface area contributed by atoms with E-state index in [1.54, 1.807) is 11.8 Å². The molecule has 1 aromatic carbocycles. The number of rotatable bonds is 4. The molecule has 0 spiro atoms. The van der Waals surface area contributed by atoms with Gasteiger partial charge in [0.2, 0.25) is 0 Å². The molecule has 0 fully saturated rings. The van der Waals surface area contributed by atoms with Crippen molar-refractivity contribution in [2.24, 2.45) is 0 Å². The summed E-state index contributed by atoms with van der Waals surface area (Å²) >= 11 is 13.4. The van der Waals surface area contributed by atoms with Crippen LogP contribution in [0.3, 0.4) is 0 Å². The van der Waals surface area contributed by atoms with E-state index in [0.717, 1.165) is 12.0 Å². The van der Waals surface area contributed by atoms with Gasteiger partial charge in [-0.15, -0.1) is 35.0 Å². The van der Waals surface area contributed by atoms with Crippen molar-refractivity contribution in [1.82, 2.24) is 0 Å². The van der Waals surface area contributed by atoms with E-state index >= 15 is 0 Å². The predicted octanol–water partition coefficient (Wildman–Crippen LogP) is 4.49. The average molecular weight is 235 g/mol. The van der Waals surface area contributed by atoms with E-state index in [4.69, 9.17) is 23.2 Å². The van der Waals surface area contributed by atoms with Crippen molar-refractivity contribution in [2.45, 2.75) is 28.8 Å². The first-order chi connectivity index (χ1) is 6.26. The van der Waals surface area contributed by atoms with Crippen LogP contribution >= 0.6 is 35.0 Å². The Morgan fingerprint density at radius 2 is 2.23 bits per heavy atom. The Labute approximate surface area is 93.6 Å². The van der Waals surface area contributed by atoms with Crippen molar-refractivity contribution in [2.75, 3.05) is 0 Å². The summed E-state index contributed by atoms with van der Waals surface area (Å²) in [6.45, 7) is 2.08. The highest BCUT2D eigenvalue weighted by atomic mass is 35.5. The van der Waals surface area contributed by atoms with Gasteiger partial charge in [-0.2, -0.15) is 0 Å². The van der Waals surface area contributed by atoms with Gasteiger partial charge in [0.15, 0.2) is 0 Å². The third-order valence-electron chi connectivity index (χ3n) is 1.64. The maximum atomic E-state index is 6.03. The van der Waals surface area contributed by atoms with Crippen LogP contribution in [0.1, 0.15) is 18.9 Å². The van der Waals surface area contributed by atoms with Gasteiger partial charge in [-0.25, -0.2) is 0 Å². The Morgan fingerprint density at radius 1 is 1.46 bits per heavy atom. The van der Waals surface area contributed by atoms with E-state index in [1.165, 1.54) is 4.90 Å². The molecule has 0 aliphatic carbocycles.